The highest BCUT2D eigenvalue weighted by Crippen LogP contribution is 2.32. The lowest BCUT2D eigenvalue weighted by molar-refractivity contribution is -0.131. The van der Waals surface area contributed by atoms with Gasteiger partial charge >= 0.3 is 5.69 Å². The molecular formula is C21H21N3O5. The molecule has 0 fully saturated rings. The molecule has 8 nitrogen and oxygen atoms in total. The van der Waals surface area contributed by atoms with Crippen LogP contribution in [0.1, 0.15) is 18.9 Å². The number of amides is 1. The van der Waals surface area contributed by atoms with Gasteiger partial charge in [0.25, 0.3) is 5.56 Å². The first-order valence-electron chi connectivity index (χ1n) is 9.45. The lowest BCUT2D eigenvalue weighted by Crippen LogP contribution is -2.34. The van der Waals surface area contributed by atoms with E-state index < -0.39 is 11.2 Å². The quantitative estimate of drug-likeness (QED) is 0.688. The first kappa shape index (κ1) is 18.8. The van der Waals surface area contributed by atoms with Crippen LogP contribution in [-0.4, -0.2) is 33.7 Å². The van der Waals surface area contributed by atoms with Crippen molar-refractivity contribution >= 4 is 16.8 Å². The summed E-state index contributed by atoms with van der Waals surface area (Å²) >= 11 is 0. The number of H-pyrrole nitrogens is 1. The lowest BCUT2D eigenvalue weighted by atomic mass is 10.2. The van der Waals surface area contributed by atoms with Crippen LogP contribution in [0.15, 0.2) is 52.1 Å². The van der Waals surface area contributed by atoms with Gasteiger partial charge in [-0.05, 0) is 36.8 Å². The molecule has 1 N–H and O–H groups in total. The Balaban J connectivity index is 1.49. The molecule has 29 heavy (non-hydrogen) atoms. The van der Waals surface area contributed by atoms with Gasteiger partial charge in [0.15, 0.2) is 11.5 Å². The molecule has 2 aromatic carbocycles. The average molecular weight is 395 g/mol. The summed E-state index contributed by atoms with van der Waals surface area (Å²) in [5, 5.41) is 0.423. The van der Waals surface area contributed by atoms with Crippen molar-refractivity contribution in [1.82, 2.24) is 14.5 Å². The maximum atomic E-state index is 12.8. The molecule has 0 spiro atoms. The summed E-state index contributed by atoms with van der Waals surface area (Å²) in [5.41, 5.74) is 0.524. The van der Waals surface area contributed by atoms with Crippen LogP contribution in [-0.2, 0) is 17.9 Å². The number of aromatic nitrogens is 2. The van der Waals surface area contributed by atoms with Crippen molar-refractivity contribution in [3.05, 3.63) is 68.9 Å². The minimum atomic E-state index is -0.514. The van der Waals surface area contributed by atoms with Crippen molar-refractivity contribution in [3.8, 4) is 11.5 Å². The molecule has 0 saturated carbocycles. The highest BCUT2D eigenvalue weighted by Gasteiger charge is 2.17. The number of aryl methyl sites for hydroxylation is 1. The number of rotatable bonds is 6. The Kier molecular flexibility index (Phi) is 5.07. The molecule has 0 aliphatic carbocycles. The van der Waals surface area contributed by atoms with E-state index in [1.165, 1.54) is 4.57 Å². The Labute approximate surface area is 166 Å². The molecule has 8 heteroatoms. The van der Waals surface area contributed by atoms with Gasteiger partial charge in [-0.3, -0.25) is 19.1 Å². The van der Waals surface area contributed by atoms with Gasteiger partial charge < -0.3 is 14.4 Å². The van der Waals surface area contributed by atoms with Crippen LogP contribution in [0.3, 0.4) is 0 Å². The van der Waals surface area contributed by atoms with Gasteiger partial charge in [0.05, 0.1) is 10.9 Å². The predicted octanol–water partition coefficient (Wildman–Crippen LogP) is 1.86. The summed E-state index contributed by atoms with van der Waals surface area (Å²) in [4.78, 5) is 41.0. The molecule has 4 rings (SSSR count). The van der Waals surface area contributed by atoms with Gasteiger partial charge in [0.1, 0.15) is 0 Å². The summed E-state index contributed by atoms with van der Waals surface area (Å²) in [6.07, 6.45) is 0.147. The zero-order valence-corrected chi connectivity index (χ0v) is 16.0. The number of carbonyl (C=O) groups is 1. The number of para-hydroxylation sites is 1. The standard InChI is InChI=1S/C21H21N3O5/c1-2-23(12-14-7-8-17-18(11-14)29-13-28-17)19(25)9-10-24-16-6-4-3-5-15(16)20(26)22-21(24)27/h3-8,11H,2,9-10,12-13H2,1H3,(H,22,26,27). The second-order valence-corrected chi connectivity index (χ2v) is 6.77. The number of nitrogens with zero attached hydrogens (tertiary/aromatic N) is 2. The normalized spacial score (nSPS) is 12.3. The largest absolute Gasteiger partial charge is 0.454 e. The van der Waals surface area contributed by atoms with Gasteiger partial charge in [-0.15, -0.1) is 0 Å². The predicted molar refractivity (Wildman–Crippen MR) is 107 cm³/mol. The molecule has 0 atom stereocenters. The number of benzene rings is 2. The average Bonchev–Trinajstić information content (AvgIpc) is 3.19. The number of hydrogen-bond acceptors (Lipinski definition) is 5. The molecule has 1 aliphatic heterocycles. The Morgan fingerprint density at radius 2 is 1.93 bits per heavy atom. The number of fused-ring (bicyclic) bond motifs is 2. The van der Waals surface area contributed by atoms with E-state index in [-0.39, 0.29) is 25.7 Å². The van der Waals surface area contributed by atoms with Crippen molar-refractivity contribution in [2.45, 2.75) is 26.4 Å². The molecule has 0 radical (unpaired) electrons. The van der Waals surface area contributed by atoms with E-state index >= 15 is 0 Å². The van der Waals surface area contributed by atoms with E-state index in [0.717, 1.165) is 5.56 Å². The van der Waals surface area contributed by atoms with E-state index in [1.54, 1.807) is 29.2 Å². The van der Waals surface area contributed by atoms with Gasteiger partial charge in [-0.2, -0.15) is 0 Å². The molecule has 3 aromatic rings. The summed E-state index contributed by atoms with van der Waals surface area (Å²) < 4.78 is 12.1. The third-order valence-electron chi connectivity index (χ3n) is 5.00. The number of carbonyl (C=O) groups excluding carboxylic acids is 1. The fourth-order valence-corrected chi connectivity index (χ4v) is 3.47. The van der Waals surface area contributed by atoms with Gasteiger partial charge in [-0.25, -0.2) is 4.79 Å². The molecule has 2 heterocycles. The Bertz CT molecular complexity index is 1180. The third-order valence-corrected chi connectivity index (χ3v) is 5.00. The second-order valence-electron chi connectivity index (χ2n) is 6.77. The third kappa shape index (κ3) is 3.73. The summed E-state index contributed by atoms with van der Waals surface area (Å²) in [6, 6.07) is 12.5. The van der Waals surface area contributed by atoms with Crippen LogP contribution in [0, 0.1) is 0 Å². The fraction of sp³-hybridized carbons (Fsp3) is 0.286. The molecule has 150 valence electrons. The van der Waals surface area contributed by atoms with E-state index in [4.69, 9.17) is 9.47 Å². The Morgan fingerprint density at radius 3 is 2.76 bits per heavy atom. The second kappa shape index (κ2) is 7.83. The molecule has 1 aliphatic rings. The Morgan fingerprint density at radius 1 is 1.14 bits per heavy atom. The summed E-state index contributed by atoms with van der Waals surface area (Å²) in [5.74, 6) is 1.30. The highest BCUT2D eigenvalue weighted by molar-refractivity contribution is 5.79. The molecule has 0 bridgehead atoms. The van der Waals surface area contributed by atoms with Crippen LogP contribution < -0.4 is 20.7 Å². The van der Waals surface area contributed by atoms with E-state index in [2.05, 4.69) is 4.98 Å². The number of hydrogen-bond donors (Lipinski definition) is 1. The molecule has 1 aromatic heterocycles. The zero-order chi connectivity index (χ0) is 20.4. The SMILES string of the molecule is CCN(Cc1ccc2c(c1)OCO2)C(=O)CCn1c(=O)[nH]c(=O)c2ccccc21. The highest BCUT2D eigenvalue weighted by atomic mass is 16.7. The van der Waals surface area contributed by atoms with Crippen LogP contribution in [0.4, 0.5) is 0 Å². The van der Waals surface area contributed by atoms with E-state index in [1.807, 2.05) is 25.1 Å². The van der Waals surface area contributed by atoms with Crippen LogP contribution >= 0.6 is 0 Å². The summed E-state index contributed by atoms with van der Waals surface area (Å²) in [6.45, 7) is 3.28. The summed E-state index contributed by atoms with van der Waals surface area (Å²) in [7, 11) is 0. The Hall–Kier alpha value is -3.55. The number of aromatic amines is 1. The fourth-order valence-electron chi connectivity index (χ4n) is 3.47. The molecule has 0 unspecified atom stereocenters. The number of nitrogens with one attached hydrogen (secondary N) is 1. The first-order chi connectivity index (χ1) is 14.1. The molecule has 0 saturated heterocycles. The van der Waals surface area contributed by atoms with Crippen molar-refractivity contribution in [2.24, 2.45) is 0 Å². The van der Waals surface area contributed by atoms with Gasteiger partial charge in [0.2, 0.25) is 12.7 Å². The molecular weight excluding hydrogens is 374 g/mol. The lowest BCUT2D eigenvalue weighted by Gasteiger charge is -2.21. The van der Waals surface area contributed by atoms with E-state index in [9.17, 15) is 14.4 Å². The monoisotopic (exact) mass is 395 g/mol. The molecule has 1 amide bonds. The topological polar surface area (TPSA) is 93.6 Å². The maximum absolute atomic E-state index is 12.8. The minimum absolute atomic E-state index is 0.0765. The van der Waals surface area contributed by atoms with Crippen molar-refractivity contribution in [3.63, 3.8) is 0 Å². The maximum Gasteiger partial charge on any atom is 0.328 e. The first-order valence-corrected chi connectivity index (χ1v) is 9.45. The van der Waals surface area contributed by atoms with Crippen LogP contribution in [0.5, 0.6) is 11.5 Å². The van der Waals surface area contributed by atoms with E-state index in [0.29, 0.717) is 35.5 Å². The van der Waals surface area contributed by atoms with Crippen molar-refractivity contribution < 1.29 is 14.3 Å². The minimum Gasteiger partial charge on any atom is -0.454 e. The van der Waals surface area contributed by atoms with Gasteiger partial charge in [0, 0.05) is 26.1 Å². The smallest absolute Gasteiger partial charge is 0.328 e. The zero-order valence-electron chi connectivity index (χ0n) is 16.0. The van der Waals surface area contributed by atoms with Crippen molar-refractivity contribution in [2.75, 3.05) is 13.3 Å². The van der Waals surface area contributed by atoms with Crippen LogP contribution in [0.25, 0.3) is 10.9 Å². The number of ether oxygens (including phenoxy) is 2. The van der Waals surface area contributed by atoms with Crippen molar-refractivity contribution in [1.29, 1.82) is 0 Å². The van der Waals surface area contributed by atoms with Crippen LogP contribution in [0.2, 0.25) is 0 Å². The van der Waals surface area contributed by atoms with Gasteiger partial charge in [-0.1, -0.05) is 18.2 Å².